The summed E-state index contributed by atoms with van der Waals surface area (Å²) in [7, 11) is 0. The fourth-order valence-corrected chi connectivity index (χ4v) is 22.1. The first kappa shape index (κ1) is 75.8. The Labute approximate surface area is 772 Å². The van der Waals surface area contributed by atoms with E-state index in [9.17, 15) is 0 Å². The summed E-state index contributed by atoms with van der Waals surface area (Å²) in [4.78, 5) is 0. The zero-order chi connectivity index (χ0) is 88.5. The predicted molar refractivity (Wildman–Crippen MR) is 564 cm³/mol. The minimum atomic E-state index is 0.898. The van der Waals surface area contributed by atoms with E-state index in [4.69, 9.17) is 13.3 Å². The van der Waals surface area contributed by atoms with Crippen molar-refractivity contribution < 1.29 is 13.3 Å². The van der Waals surface area contributed by atoms with Gasteiger partial charge in [0, 0.05) is 115 Å². The zero-order valence-electron chi connectivity index (χ0n) is 72.9. The number of hydrogen-bond acceptors (Lipinski definition) is 3. The third kappa shape index (κ3) is 11.8. The molecule has 0 fully saturated rings. The molecule has 21 aromatic carbocycles. The molecule has 0 saturated heterocycles. The van der Waals surface area contributed by atoms with Crippen LogP contribution in [-0.4, -0.2) is 27.4 Å². The van der Waals surface area contributed by atoms with Crippen molar-refractivity contribution in [1.82, 2.24) is 27.4 Å². The van der Waals surface area contributed by atoms with Crippen LogP contribution in [0.15, 0.2) is 486 Å². The summed E-state index contributed by atoms with van der Waals surface area (Å²) in [6, 6.07) is 170. The molecule has 0 aliphatic carbocycles. The quantitative estimate of drug-likeness (QED) is 0.145. The van der Waals surface area contributed by atoms with E-state index in [0.29, 0.717) is 0 Å². The molecule has 0 unspecified atom stereocenters. The van der Waals surface area contributed by atoms with Crippen molar-refractivity contribution in [1.29, 1.82) is 0 Å². The highest BCUT2D eigenvalue weighted by atomic mass is 16.3. The Hall–Kier alpha value is -18.2. The van der Waals surface area contributed by atoms with E-state index >= 15 is 0 Å². The number of nitrogens with zero attached hydrogens (tertiary/aromatic N) is 6. The molecule has 0 aliphatic rings. The van der Waals surface area contributed by atoms with Gasteiger partial charge in [-0.2, -0.15) is 0 Å². The van der Waals surface area contributed by atoms with Gasteiger partial charge in [-0.15, -0.1) is 0 Å². The molecule has 630 valence electrons. The fourth-order valence-electron chi connectivity index (χ4n) is 22.1. The van der Waals surface area contributed by atoms with Gasteiger partial charge in [0.25, 0.3) is 0 Å². The Bertz CT molecular complexity index is 9990. The van der Waals surface area contributed by atoms with Crippen LogP contribution in [0.1, 0.15) is 0 Å². The maximum Gasteiger partial charge on any atom is 0.137 e. The molecular formula is C126H78N6O3. The molecule has 0 aliphatic heterocycles. The van der Waals surface area contributed by atoms with Crippen molar-refractivity contribution in [3.05, 3.63) is 473 Å². The Morgan fingerprint density at radius 2 is 0.363 bits per heavy atom. The topological polar surface area (TPSA) is 69.0 Å². The molecule has 9 aromatic heterocycles. The van der Waals surface area contributed by atoms with Crippen LogP contribution in [0.25, 0.3) is 264 Å². The number of para-hydroxylation sites is 10. The maximum absolute atomic E-state index is 6.42. The summed E-state index contributed by atoms with van der Waals surface area (Å²) < 4.78 is 33.7. The van der Waals surface area contributed by atoms with Crippen LogP contribution in [0.5, 0.6) is 0 Å². The molecule has 0 N–H and O–H groups in total. The molecular weight excluding hydrogens is 1650 g/mol. The van der Waals surface area contributed by atoms with Gasteiger partial charge in [-0.05, 0) is 221 Å². The summed E-state index contributed by atoms with van der Waals surface area (Å²) in [5, 5.41) is 21.7. The van der Waals surface area contributed by atoms with Crippen molar-refractivity contribution in [2.45, 2.75) is 0 Å². The predicted octanol–water partition coefficient (Wildman–Crippen LogP) is 34.3. The molecule has 9 heterocycles. The van der Waals surface area contributed by atoms with Gasteiger partial charge in [0.05, 0.1) is 82.4 Å². The minimum absolute atomic E-state index is 0.898. The monoisotopic (exact) mass is 1720 g/mol. The van der Waals surface area contributed by atoms with Crippen LogP contribution in [-0.2, 0) is 0 Å². The Morgan fingerprint density at radius 1 is 0.119 bits per heavy atom. The number of aromatic nitrogens is 6. The highest BCUT2D eigenvalue weighted by Crippen LogP contribution is 2.50. The van der Waals surface area contributed by atoms with Gasteiger partial charge in [0.15, 0.2) is 0 Å². The normalized spacial score (nSPS) is 12.0. The maximum atomic E-state index is 6.42. The van der Waals surface area contributed by atoms with E-state index in [1.54, 1.807) is 0 Å². The van der Waals surface area contributed by atoms with Gasteiger partial charge in [-0.1, -0.05) is 285 Å². The SMILES string of the molecule is c1ccc(-c2cc(-c3ccccc3)cc(-n3c4ccccc4c4cc5c6ccc7oc8ccccc8c7c6n(-c6ccccc6)c5cc43)c2)cc1.c1ccc(-c2cccc(-n3c4ccccc4c4cc5c6ccc7oc8ccccc8c7c6n(-c6ccccc6)c5cc43)c2)cc1.c1ccc(-n2c3ccccc3c3cc4c5ccc6oc7ccccc7c6c5n(-c5ccccc5)c4cc32)cc1. The lowest BCUT2D eigenvalue weighted by Gasteiger charge is -2.14. The van der Waals surface area contributed by atoms with Crippen molar-refractivity contribution in [2.24, 2.45) is 0 Å². The summed E-state index contributed by atoms with van der Waals surface area (Å²) in [5.74, 6) is 0. The van der Waals surface area contributed by atoms with E-state index < -0.39 is 0 Å². The van der Waals surface area contributed by atoms with Crippen molar-refractivity contribution in [3.8, 4) is 67.5 Å². The Balaban J connectivity index is 0.000000101. The van der Waals surface area contributed by atoms with Crippen LogP contribution >= 0.6 is 0 Å². The summed E-state index contributed by atoms with van der Waals surface area (Å²) in [6.07, 6.45) is 0. The molecule has 30 rings (SSSR count). The summed E-state index contributed by atoms with van der Waals surface area (Å²) in [6.45, 7) is 0. The molecule has 0 amide bonds. The smallest absolute Gasteiger partial charge is 0.137 e. The molecule has 9 nitrogen and oxygen atoms in total. The van der Waals surface area contributed by atoms with Crippen molar-refractivity contribution in [2.75, 3.05) is 0 Å². The van der Waals surface area contributed by atoms with E-state index in [0.717, 1.165) is 105 Å². The van der Waals surface area contributed by atoms with Gasteiger partial charge >= 0.3 is 0 Å². The number of rotatable bonds is 9. The minimum Gasteiger partial charge on any atom is -0.456 e. The van der Waals surface area contributed by atoms with Gasteiger partial charge in [0.2, 0.25) is 0 Å². The van der Waals surface area contributed by atoms with E-state index in [-0.39, 0.29) is 0 Å². The highest BCUT2D eigenvalue weighted by Gasteiger charge is 2.28. The number of hydrogen-bond donors (Lipinski definition) is 0. The number of furan rings is 3. The zero-order valence-corrected chi connectivity index (χ0v) is 72.9. The first-order valence-corrected chi connectivity index (χ1v) is 46.1. The van der Waals surface area contributed by atoms with Crippen LogP contribution in [0.3, 0.4) is 0 Å². The van der Waals surface area contributed by atoms with Gasteiger partial charge in [-0.25, -0.2) is 0 Å². The molecule has 0 atom stereocenters. The average Bonchev–Trinajstić information content (AvgIpc) is 1.51. The number of benzene rings is 21. The highest BCUT2D eigenvalue weighted by molar-refractivity contribution is 6.31. The van der Waals surface area contributed by atoms with Crippen LogP contribution in [0.4, 0.5) is 0 Å². The fraction of sp³-hybridized carbons (Fsp3) is 0. The molecule has 0 radical (unpaired) electrons. The molecule has 30 aromatic rings. The van der Waals surface area contributed by atoms with Crippen LogP contribution in [0.2, 0.25) is 0 Å². The number of fused-ring (bicyclic) bond motifs is 30. The lowest BCUT2D eigenvalue weighted by Crippen LogP contribution is -1.97. The molecule has 135 heavy (non-hydrogen) atoms. The van der Waals surface area contributed by atoms with Crippen LogP contribution in [0, 0.1) is 0 Å². The van der Waals surface area contributed by atoms with E-state index in [1.807, 2.05) is 18.2 Å². The van der Waals surface area contributed by atoms with Crippen LogP contribution < -0.4 is 0 Å². The third-order valence-corrected chi connectivity index (χ3v) is 27.8. The van der Waals surface area contributed by atoms with Crippen molar-refractivity contribution in [3.63, 3.8) is 0 Å². The first-order chi connectivity index (χ1) is 67.0. The van der Waals surface area contributed by atoms with Gasteiger partial charge in [0.1, 0.15) is 33.5 Å². The second-order valence-corrected chi connectivity index (χ2v) is 35.3. The van der Waals surface area contributed by atoms with E-state index in [1.165, 1.54) is 159 Å². The molecule has 0 bridgehead atoms. The second kappa shape index (κ2) is 30.2. The molecule has 0 spiro atoms. The molecule has 9 heteroatoms. The first-order valence-electron chi connectivity index (χ1n) is 46.1. The van der Waals surface area contributed by atoms with E-state index in [2.05, 4.69) is 482 Å². The average molecular weight is 1720 g/mol. The van der Waals surface area contributed by atoms with Gasteiger partial charge in [-0.3, -0.25) is 0 Å². The molecule has 0 saturated carbocycles. The third-order valence-electron chi connectivity index (χ3n) is 27.8. The standard InChI is InChI=1S/C48H30N2O.C42H26N2O.C36H22N2O/c1-4-14-31(15-5-1)33-26-34(32-16-6-2-7-17-32)28-36(27-33)49-42-22-12-10-20-37(42)40-29-41-38-24-25-46-47(39-21-11-13-23-45(39)51-46)48(38)50(44(41)30-43(40)49)35-18-8-3-9-19-35;1-3-12-27(13-4-1)28-14-11-17-30(24-28)43-36-20-9-7-18-31(36)34-25-35-32-22-23-40-41(33-19-8-10-21-39(33)45-40)42(32)44(38(35)26-37(34)43)29-15-5-2-6-16-29;1-3-11-23(12-4-1)37-30-17-9-7-15-25(30)28-21-29-26-19-20-34-35(27-16-8-10-18-33(27)39-34)36(26)38(32(29)22-31(28)37)24-13-5-2-6-14-24/h1-30H;1-26H;1-22H. The van der Waals surface area contributed by atoms with Crippen molar-refractivity contribution >= 4 is 197 Å². The summed E-state index contributed by atoms with van der Waals surface area (Å²) >= 11 is 0. The Kier molecular flexibility index (Phi) is 17.0. The summed E-state index contributed by atoms with van der Waals surface area (Å²) in [5.41, 5.74) is 33.6. The second-order valence-electron chi connectivity index (χ2n) is 35.3. The Morgan fingerprint density at radius 3 is 0.711 bits per heavy atom. The lowest BCUT2D eigenvalue weighted by atomic mass is 9.98. The van der Waals surface area contributed by atoms with Gasteiger partial charge < -0.3 is 40.7 Å². The largest absolute Gasteiger partial charge is 0.456 e. The lowest BCUT2D eigenvalue weighted by molar-refractivity contribution is 0.669.